The first-order valence-corrected chi connectivity index (χ1v) is 4.41. The van der Waals surface area contributed by atoms with Gasteiger partial charge in [0.2, 0.25) is 0 Å². The van der Waals surface area contributed by atoms with Gasteiger partial charge in [0, 0.05) is 11.8 Å². The molecule has 2 fully saturated rings. The number of nitrogens with one attached hydrogen (secondary N) is 1. The highest BCUT2D eigenvalue weighted by Gasteiger charge is 2.41. The normalized spacial score (nSPS) is 50.7. The Hall–Kier alpha value is -0.120. The van der Waals surface area contributed by atoms with Crippen LogP contribution in [0.3, 0.4) is 0 Å². The Morgan fingerprint density at radius 3 is 1.82 bits per heavy atom. The number of fused-ring (bicyclic) bond motifs is 1. The van der Waals surface area contributed by atoms with E-state index in [2.05, 4.69) is 5.32 Å². The molecule has 4 unspecified atom stereocenters. The summed E-state index contributed by atoms with van der Waals surface area (Å²) in [5, 5.41) is 21.6. The predicted octanol–water partition coefficient (Wildman–Crippen LogP) is 0.0328. The van der Waals surface area contributed by atoms with E-state index < -0.39 is 12.5 Å². The Labute approximate surface area is 66.4 Å². The second kappa shape index (κ2) is 2.73. The van der Waals surface area contributed by atoms with E-state index in [0.717, 1.165) is 12.8 Å². The summed E-state index contributed by atoms with van der Waals surface area (Å²) < 4.78 is 0. The largest absolute Gasteiger partial charge is 0.378 e. The van der Waals surface area contributed by atoms with Crippen molar-refractivity contribution >= 4 is 0 Å². The highest BCUT2D eigenvalue weighted by atomic mass is 16.3. The first-order chi connectivity index (χ1) is 5.29. The SMILES string of the molecule is OC1NC(O)C2CCCCC12. The summed E-state index contributed by atoms with van der Waals surface area (Å²) in [4.78, 5) is 0. The molecule has 11 heavy (non-hydrogen) atoms. The van der Waals surface area contributed by atoms with Crippen molar-refractivity contribution in [2.45, 2.75) is 38.1 Å². The molecule has 2 rings (SSSR count). The van der Waals surface area contributed by atoms with E-state index in [0.29, 0.717) is 11.8 Å². The minimum absolute atomic E-state index is 0.304. The topological polar surface area (TPSA) is 52.5 Å². The molecule has 0 aromatic rings. The first kappa shape index (κ1) is 7.53. The van der Waals surface area contributed by atoms with Crippen LogP contribution in [0.15, 0.2) is 0 Å². The van der Waals surface area contributed by atoms with Crippen LogP contribution in [0, 0.1) is 11.8 Å². The molecule has 1 heterocycles. The molecule has 0 radical (unpaired) electrons. The summed E-state index contributed by atoms with van der Waals surface area (Å²) in [6.07, 6.45) is 3.61. The van der Waals surface area contributed by atoms with Crippen LogP contribution in [-0.4, -0.2) is 22.7 Å². The second-order valence-corrected chi connectivity index (χ2v) is 3.67. The van der Waals surface area contributed by atoms with Crippen molar-refractivity contribution in [3.05, 3.63) is 0 Å². The molecule has 64 valence electrons. The highest BCUT2D eigenvalue weighted by molar-refractivity contribution is 4.89. The average molecular weight is 157 g/mol. The van der Waals surface area contributed by atoms with Gasteiger partial charge in [-0.2, -0.15) is 0 Å². The fourth-order valence-electron chi connectivity index (χ4n) is 2.39. The van der Waals surface area contributed by atoms with Crippen LogP contribution in [0.25, 0.3) is 0 Å². The third kappa shape index (κ3) is 1.17. The molecule has 1 saturated carbocycles. The third-order valence-corrected chi connectivity index (χ3v) is 3.03. The van der Waals surface area contributed by atoms with Crippen LogP contribution >= 0.6 is 0 Å². The number of rotatable bonds is 0. The van der Waals surface area contributed by atoms with Crippen LogP contribution in [0.1, 0.15) is 25.7 Å². The van der Waals surface area contributed by atoms with Gasteiger partial charge >= 0.3 is 0 Å². The van der Waals surface area contributed by atoms with Crippen LogP contribution < -0.4 is 5.32 Å². The molecule has 3 nitrogen and oxygen atoms in total. The summed E-state index contributed by atoms with van der Waals surface area (Å²) in [5.74, 6) is 0.609. The van der Waals surface area contributed by atoms with Crippen LogP contribution in [0.4, 0.5) is 0 Å². The van der Waals surface area contributed by atoms with E-state index in [1.807, 2.05) is 0 Å². The fourth-order valence-corrected chi connectivity index (χ4v) is 2.39. The summed E-state index contributed by atoms with van der Waals surface area (Å²) >= 11 is 0. The van der Waals surface area contributed by atoms with Gasteiger partial charge in [-0.1, -0.05) is 12.8 Å². The summed E-state index contributed by atoms with van der Waals surface area (Å²) in [5.41, 5.74) is 0. The molecule has 1 aliphatic heterocycles. The zero-order valence-corrected chi connectivity index (χ0v) is 6.53. The standard InChI is InChI=1S/C8H15NO2/c10-7-5-3-1-2-4-6(5)8(11)9-7/h5-11H,1-4H2. The van der Waals surface area contributed by atoms with E-state index >= 15 is 0 Å². The lowest BCUT2D eigenvalue weighted by molar-refractivity contribution is 0.0824. The molecule has 0 aromatic carbocycles. The third-order valence-electron chi connectivity index (χ3n) is 3.03. The molecule has 0 aromatic heterocycles. The molecule has 3 N–H and O–H groups in total. The van der Waals surface area contributed by atoms with Crippen molar-refractivity contribution in [2.24, 2.45) is 11.8 Å². The van der Waals surface area contributed by atoms with Gasteiger partial charge in [0.15, 0.2) is 0 Å². The summed E-state index contributed by atoms with van der Waals surface area (Å²) in [6.45, 7) is 0. The van der Waals surface area contributed by atoms with E-state index in [-0.39, 0.29) is 0 Å². The van der Waals surface area contributed by atoms with Crippen LogP contribution in [0.5, 0.6) is 0 Å². The number of aliphatic hydroxyl groups excluding tert-OH is 2. The molecular weight excluding hydrogens is 142 g/mol. The number of hydrogen-bond acceptors (Lipinski definition) is 3. The Kier molecular flexibility index (Phi) is 1.87. The Morgan fingerprint density at radius 1 is 0.909 bits per heavy atom. The molecule has 2 aliphatic rings. The Balaban J connectivity index is 2.07. The lowest BCUT2D eigenvalue weighted by Crippen LogP contribution is -2.30. The molecule has 1 aliphatic carbocycles. The van der Waals surface area contributed by atoms with E-state index in [9.17, 15) is 10.2 Å². The van der Waals surface area contributed by atoms with Crippen LogP contribution in [0.2, 0.25) is 0 Å². The van der Waals surface area contributed by atoms with E-state index in [1.165, 1.54) is 12.8 Å². The minimum atomic E-state index is -0.463. The number of aliphatic hydroxyl groups is 2. The highest BCUT2D eigenvalue weighted by Crippen LogP contribution is 2.37. The van der Waals surface area contributed by atoms with Gasteiger partial charge in [0.05, 0.1) is 0 Å². The fraction of sp³-hybridized carbons (Fsp3) is 1.00. The van der Waals surface area contributed by atoms with E-state index in [1.54, 1.807) is 0 Å². The summed E-state index contributed by atoms with van der Waals surface area (Å²) in [6, 6.07) is 0. The summed E-state index contributed by atoms with van der Waals surface area (Å²) in [7, 11) is 0. The van der Waals surface area contributed by atoms with Gasteiger partial charge in [0.25, 0.3) is 0 Å². The zero-order valence-electron chi connectivity index (χ0n) is 6.53. The molecule has 1 saturated heterocycles. The first-order valence-electron chi connectivity index (χ1n) is 4.41. The maximum absolute atomic E-state index is 9.42. The van der Waals surface area contributed by atoms with Gasteiger partial charge in [0.1, 0.15) is 12.5 Å². The maximum atomic E-state index is 9.42. The average Bonchev–Trinajstić information content (AvgIpc) is 2.30. The van der Waals surface area contributed by atoms with Crippen LogP contribution in [-0.2, 0) is 0 Å². The predicted molar refractivity (Wildman–Crippen MR) is 40.6 cm³/mol. The van der Waals surface area contributed by atoms with Gasteiger partial charge in [-0.05, 0) is 12.8 Å². The van der Waals surface area contributed by atoms with Gasteiger partial charge in [-0.25, -0.2) is 0 Å². The zero-order chi connectivity index (χ0) is 7.84. The Bertz CT molecular complexity index is 135. The lowest BCUT2D eigenvalue weighted by atomic mass is 9.80. The van der Waals surface area contributed by atoms with Gasteiger partial charge in [-0.15, -0.1) is 0 Å². The smallest absolute Gasteiger partial charge is 0.110 e. The van der Waals surface area contributed by atoms with Crippen molar-refractivity contribution in [3.8, 4) is 0 Å². The number of hydrogen-bond donors (Lipinski definition) is 3. The van der Waals surface area contributed by atoms with Gasteiger partial charge < -0.3 is 10.2 Å². The van der Waals surface area contributed by atoms with Crippen molar-refractivity contribution < 1.29 is 10.2 Å². The molecule has 0 bridgehead atoms. The van der Waals surface area contributed by atoms with E-state index in [4.69, 9.17) is 0 Å². The van der Waals surface area contributed by atoms with Gasteiger partial charge in [-0.3, -0.25) is 5.32 Å². The van der Waals surface area contributed by atoms with Crippen molar-refractivity contribution in [1.82, 2.24) is 5.32 Å². The molecule has 0 amide bonds. The molecule has 4 atom stereocenters. The quantitative estimate of drug-likeness (QED) is 0.465. The maximum Gasteiger partial charge on any atom is 0.110 e. The molecular formula is C8H15NO2. The van der Waals surface area contributed by atoms with Crippen molar-refractivity contribution in [2.75, 3.05) is 0 Å². The molecule has 3 heteroatoms. The molecule has 0 spiro atoms. The van der Waals surface area contributed by atoms with Crippen molar-refractivity contribution in [1.29, 1.82) is 0 Å². The second-order valence-electron chi connectivity index (χ2n) is 3.67. The lowest BCUT2D eigenvalue weighted by Gasteiger charge is -2.26. The monoisotopic (exact) mass is 157 g/mol. The minimum Gasteiger partial charge on any atom is -0.378 e. The van der Waals surface area contributed by atoms with Crippen molar-refractivity contribution in [3.63, 3.8) is 0 Å². The Morgan fingerprint density at radius 2 is 1.36 bits per heavy atom.